The number of ketones is 1. The molecule has 148 valence electrons. The maximum absolute atomic E-state index is 12.3. The lowest BCUT2D eigenvalue weighted by molar-refractivity contribution is -0.156. The second-order valence-electron chi connectivity index (χ2n) is 6.99. The van der Waals surface area contributed by atoms with Crippen molar-refractivity contribution in [1.82, 2.24) is 14.3 Å². The van der Waals surface area contributed by atoms with Gasteiger partial charge in [0.05, 0.1) is 12.6 Å². The van der Waals surface area contributed by atoms with Crippen molar-refractivity contribution in [3.63, 3.8) is 0 Å². The summed E-state index contributed by atoms with van der Waals surface area (Å²) >= 11 is 5.76. The minimum Gasteiger partial charge on any atom is -0.486 e. The van der Waals surface area contributed by atoms with Gasteiger partial charge in [-0.15, -0.1) is 0 Å². The van der Waals surface area contributed by atoms with Gasteiger partial charge in [0.1, 0.15) is 18.5 Å². The lowest BCUT2D eigenvalue weighted by Gasteiger charge is -2.26. The van der Waals surface area contributed by atoms with Crippen molar-refractivity contribution in [3.8, 4) is 11.4 Å². The largest absolute Gasteiger partial charge is 0.486 e. The Hall–Kier alpha value is -2.81. The predicted octanol–water partition coefficient (Wildman–Crippen LogP) is 3.24. The third-order valence-electron chi connectivity index (χ3n) is 5.12. The zero-order valence-electron chi connectivity index (χ0n) is 15.5. The molecular weight excluding hydrogens is 390 g/mol. The van der Waals surface area contributed by atoms with Gasteiger partial charge in [0.15, 0.2) is 11.6 Å². The number of nitrogens with zero attached hydrogens (tertiary/aromatic N) is 3. The van der Waals surface area contributed by atoms with Crippen LogP contribution in [-0.4, -0.2) is 39.1 Å². The number of para-hydroxylation sites is 2. The van der Waals surface area contributed by atoms with Crippen LogP contribution in [0.1, 0.15) is 18.3 Å². The maximum Gasteiger partial charge on any atom is 0.218 e. The van der Waals surface area contributed by atoms with E-state index >= 15 is 0 Å². The lowest BCUT2D eigenvalue weighted by atomic mass is 10.0. The van der Waals surface area contributed by atoms with Crippen molar-refractivity contribution >= 4 is 18.0 Å². The highest BCUT2D eigenvalue weighted by molar-refractivity contribution is 7.71. The average molecular weight is 409 g/mol. The Bertz CT molecular complexity index is 1080. The first kappa shape index (κ1) is 18.2. The fourth-order valence-corrected chi connectivity index (χ4v) is 4.09. The van der Waals surface area contributed by atoms with Crippen LogP contribution in [0, 0.1) is 4.77 Å². The van der Waals surface area contributed by atoms with Gasteiger partial charge in [-0.3, -0.25) is 9.36 Å². The fraction of sp³-hybridized carbons (Fsp3) is 0.286. The Kier molecular flexibility index (Phi) is 4.75. The quantitative estimate of drug-likeness (QED) is 0.603. The minimum atomic E-state index is -0.748. The molecule has 0 radical (unpaired) electrons. The topological polar surface area (TPSA) is 67.5 Å². The first-order valence-electron chi connectivity index (χ1n) is 9.44. The number of hydrogen-bond donors (Lipinski definition) is 0. The molecular formula is C21H19N3O4S. The smallest absolute Gasteiger partial charge is 0.218 e. The molecule has 2 aliphatic heterocycles. The second-order valence-corrected chi connectivity index (χ2v) is 7.36. The Morgan fingerprint density at radius 3 is 2.59 bits per heavy atom. The number of fused-ring (bicyclic) bond motifs is 2. The number of aromatic nitrogens is 3. The van der Waals surface area contributed by atoms with E-state index in [9.17, 15) is 4.79 Å². The molecule has 0 N–H and O–H groups in total. The molecule has 3 aromatic rings. The van der Waals surface area contributed by atoms with E-state index in [1.807, 2.05) is 65.2 Å². The molecule has 0 saturated carbocycles. The van der Waals surface area contributed by atoms with Gasteiger partial charge in [0.25, 0.3) is 0 Å². The molecule has 29 heavy (non-hydrogen) atoms. The minimum absolute atomic E-state index is 0.0815. The molecule has 1 aromatic heterocycles. The highest BCUT2D eigenvalue weighted by atomic mass is 32.1. The van der Waals surface area contributed by atoms with Crippen LogP contribution < -0.4 is 4.74 Å². The molecule has 0 unspecified atom stereocenters. The summed E-state index contributed by atoms with van der Waals surface area (Å²) in [6, 6.07) is 19.0. The Morgan fingerprint density at radius 1 is 1.10 bits per heavy atom. The van der Waals surface area contributed by atoms with E-state index in [1.165, 1.54) is 0 Å². The van der Waals surface area contributed by atoms with Crippen molar-refractivity contribution in [2.75, 3.05) is 6.61 Å². The molecule has 0 amide bonds. The third-order valence-corrected chi connectivity index (χ3v) is 5.49. The van der Waals surface area contributed by atoms with Crippen LogP contribution >= 0.6 is 12.2 Å². The van der Waals surface area contributed by atoms with Crippen molar-refractivity contribution < 1.29 is 19.0 Å². The highest BCUT2D eigenvalue weighted by Crippen LogP contribution is 2.33. The van der Waals surface area contributed by atoms with Crippen LogP contribution in [0.25, 0.3) is 5.69 Å². The highest BCUT2D eigenvalue weighted by Gasteiger charge is 2.45. The maximum atomic E-state index is 12.3. The summed E-state index contributed by atoms with van der Waals surface area (Å²) in [6.45, 7) is 0.595. The first-order valence-corrected chi connectivity index (χ1v) is 9.85. The Morgan fingerprint density at radius 2 is 1.83 bits per heavy atom. The number of carbonyl (C=O) groups excluding carboxylic acids is 1. The molecule has 0 spiro atoms. The fourth-order valence-electron chi connectivity index (χ4n) is 3.70. The van der Waals surface area contributed by atoms with Gasteiger partial charge < -0.3 is 14.2 Å². The van der Waals surface area contributed by atoms with E-state index in [-0.39, 0.29) is 31.0 Å². The van der Waals surface area contributed by atoms with Crippen LogP contribution in [-0.2, 0) is 20.9 Å². The van der Waals surface area contributed by atoms with Gasteiger partial charge in [0.2, 0.25) is 11.1 Å². The molecule has 3 atom stereocenters. The summed E-state index contributed by atoms with van der Waals surface area (Å²) in [6.07, 6.45) is -0.706. The van der Waals surface area contributed by atoms with Gasteiger partial charge in [-0.1, -0.05) is 36.4 Å². The number of carbonyl (C=O) groups is 1. The third kappa shape index (κ3) is 3.39. The number of benzene rings is 2. The van der Waals surface area contributed by atoms with Gasteiger partial charge in [-0.2, -0.15) is 5.10 Å². The molecule has 5 rings (SSSR count). The number of ether oxygens (including phenoxy) is 3. The van der Waals surface area contributed by atoms with E-state index in [4.69, 9.17) is 31.5 Å². The predicted molar refractivity (Wildman–Crippen MR) is 106 cm³/mol. The number of hydrogen-bond acceptors (Lipinski definition) is 6. The molecule has 3 heterocycles. The SMILES string of the molecule is O=C1C[C@@H](n2nc(COc3ccccc3)n(-c3ccccc3)c2=S)[C@H]2CO[C@@H]1O2. The van der Waals surface area contributed by atoms with E-state index in [2.05, 4.69) is 0 Å². The Labute approximate surface area is 172 Å². The van der Waals surface area contributed by atoms with Crippen LogP contribution in [0.5, 0.6) is 5.75 Å². The molecule has 2 aliphatic rings. The van der Waals surface area contributed by atoms with Crippen molar-refractivity contribution in [1.29, 1.82) is 0 Å². The normalized spacial score (nSPS) is 23.3. The molecule has 0 aliphatic carbocycles. The van der Waals surface area contributed by atoms with E-state index < -0.39 is 6.29 Å². The molecule has 2 saturated heterocycles. The summed E-state index contributed by atoms with van der Waals surface area (Å²) in [5.74, 6) is 1.32. The molecule has 7 nitrogen and oxygen atoms in total. The summed E-state index contributed by atoms with van der Waals surface area (Å²) in [4.78, 5) is 12.3. The van der Waals surface area contributed by atoms with Gasteiger partial charge in [0, 0.05) is 12.1 Å². The molecule has 2 fully saturated rings. The monoisotopic (exact) mass is 409 g/mol. The Balaban J connectivity index is 1.53. The number of Topliss-reactive ketones (excluding diaryl/α,β-unsaturated/α-hetero) is 1. The zero-order valence-corrected chi connectivity index (χ0v) is 16.3. The summed E-state index contributed by atoms with van der Waals surface area (Å²) in [5, 5.41) is 4.74. The summed E-state index contributed by atoms with van der Waals surface area (Å²) in [5.41, 5.74) is 0.888. The van der Waals surface area contributed by atoms with Crippen molar-refractivity contribution in [2.24, 2.45) is 0 Å². The lowest BCUT2D eigenvalue weighted by Crippen LogP contribution is -2.37. The zero-order chi connectivity index (χ0) is 19.8. The number of rotatable bonds is 5. The summed E-state index contributed by atoms with van der Waals surface area (Å²) in [7, 11) is 0. The van der Waals surface area contributed by atoms with E-state index in [0.29, 0.717) is 17.2 Å². The van der Waals surface area contributed by atoms with Crippen LogP contribution in [0.4, 0.5) is 0 Å². The standard InChI is InChI=1S/C21H19N3O4S/c25-17-11-16(18-12-27-20(17)28-18)24-21(29)23(14-7-3-1-4-8-14)19(22-24)13-26-15-9-5-2-6-10-15/h1-10,16,18,20H,11-13H2/t16-,18-,20-/m1/s1. The molecule has 2 aromatic carbocycles. The van der Waals surface area contributed by atoms with Crippen LogP contribution in [0.3, 0.4) is 0 Å². The van der Waals surface area contributed by atoms with E-state index in [1.54, 1.807) is 4.68 Å². The van der Waals surface area contributed by atoms with Gasteiger partial charge in [-0.25, -0.2) is 4.68 Å². The summed E-state index contributed by atoms with van der Waals surface area (Å²) < 4.78 is 21.1. The van der Waals surface area contributed by atoms with Gasteiger partial charge in [-0.05, 0) is 36.5 Å². The molecule has 8 heteroatoms. The van der Waals surface area contributed by atoms with Crippen LogP contribution in [0.15, 0.2) is 60.7 Å². The van der Waals surface area contributed by atoms with Crippen molar-refractivity contribution in [3.05, 3.63) is 71.3 Å². The molecule has 2 bridgehead atoms. The van der Waals surface area contributed by atoms with Gasteiger partial charge >= 0.3 is 0 Å². The first-order chi connectivity index (χ1) is 14.2. The average Bonchev–Trinajstić information content (AvgIpc) is 3.33. The van der Waals surface area contributed by atoms with Crippen molar-refractivity contribution in [2.45, 2.75) is 31.5 Å². The van der Waals surface area contributed by atoms with Crippen LogP contribution in [0.2, 0.25) is 0 Å². The second kappa shape index (κ2) is 7.55. The van der Waals surface area contributed by atoms with E-state index in [0.717, 1.165) is 11.4 Å².